The predicted octanol–water partition coefficient (Wildman–Crippen LogP) is 7.18. The third-order valence-corrected chi connectivity index (χ3v) is 10.5. The lowest BCUT2D eigenvalue weighted by atomic mass is 9.82. The molecule has 4 N–H and O–H groups in total. The van der Waals surface area contributed by atoms with Gasteiger partial charge in [0.1, 0.15) is 5.82 Å². The molecule has 4 aromatic rings. The lowest BCUT2D eigenvalue weighted by Crippen LogP contribution is -2.35. The van der Waals surface area contributed by atoms with E-state index in [2.05, 4.69) is 80.5 Å². The zero-order valence-corrected chi connectivity index (χ0v) is 24.8. The fourth-order valence-electron chi connectivity index (χ4n) is 8.24. The van der Waals surface area contributed by atoms with Crippen LogP contribution < -0.4 is 16.0 Å². The van der Waals surface area contributed by atoms with Gasteiger partial charge in [0, 0.05) is 5.69 Å². The van der Waals surface area contributed by atoms with Gasteiger partial charge in [-0.25, -0.2) is 4.98 Å². The third kappa shape index (κ3) is 5.11. The van der Waals surface area contributed by atoms with Crippen LogP contribution in [0.3, 0.4) is 0 Å². The first-order valence-corrected chi connectivity index (χ1v) is 16.3. The first-order valence-electron chi connectivity index (χ1n) is 16.3. The average molecular weight is 572 g/mol. The number of hydrogen-bond acceptors (Lipinski definition) is 4. The lowest BCUT2D eigenvalue weighted by molar-refractivity contribution is -0.117. The minimum Gasteiger partial charge on any atom is -0.341 e. The molecule has 4 aliphatic rings. The van der Waals surface area contributed by atoms with E-state index in [-0.39, 0.29) is 11.9 Å². The molecule has 1 aromatic heterocycles. The van der Waals surface area contributed by atoms with Gasteiger partial charge >= 0.3 is 0 Å². The second-order valence-electron chi connectivity index (χ2n) is 13.3. The van der Waals surface area contributed by atoms with E-state index in [0.717, 1.165) is 62.4 Å². The highest BCUT2D eigenvalue weighted by Gasteiger charge is 2.41. The normalized spacial score (nSPS) is 22.3. The number of aromatic amines is 1. The monoisotopic (exact) mass is 571 g/mol. The molecule has 6 heteroatoms. The maximum Gasteiger partial charge on any atom is 0.241 e. The summed E-state index contributed by atoms with van der Waals surface area (Å²) < 4.78 is 0. The van der Waals surface area contributed by atoms with Crippen LogP contribution in [0.4, 0.5) is 5.69 Å². The molecule has 2 saturated heterocycles. The van der Waals surface area contributed by atoms with Gasteiger partial charge in [-0.2, -0.15) is 0 Å². The maximum absolute atomic E-state index is 12.8. The lowest BCUT2D eigenvalue weighted by Gasteiger charge is -2.22. The van der Waals surface area contributed by atoms with Crippen molar-refractivity contribution in [3.63, 3.8) is 0 Å². The molecule has 2 aliphatic heterocycles. The van der Waals surface area contributed by atoms with Crippen molar-refractivity contribution in [2.24, 2.45) is 5.41 Å². The Bertz CT molecular complexity index is 1640. The van der Waals surface area contributed by atoms with Gasteiger partial charge in [0.15, 0.2) is 0 Å². The molecule has 0 unspecified atom stereocenters. The Balaban J connectivity index is 1.10. The van der Waals surface area contributed by atoms with Gasteiger partial charge in [-0.1, -0.05) is 61.4 Å². The van der Waals surface area contributed by atoms with E-state index in [1.54, 1.807) is 0 Å². The minimum atomic E-state index is -0.0829. The van der Waals surface area contributed by atoms with E-state index in [1.807, 2.05) is 12.3 Å². The second-order valence-corrected chi connectivity index (χ2v) is 13.3. The molecule has 1 saturated carbocycles. The zero-order chi connectivity index (χ0) is 28.8. The van der Waals surface area contributed by atoms with Crippen LogP contribution in [-0.2, 0) is 17.6 Å². The Hall–Kier alpha value is -3.74. The molecule has 8 rings (SSSR count). The summed E-state index contributed by atoms with van der Waals surface area (Å²) in [5.74, 6) is 1.12. The number of hydrogen-bond donors (Lipinski definition) is 4. The predicted molar refractivity (Wildman–Crippen MR) is 173 cm³/mol. The van der Waals surface area contributed by atoms with Crippen LogP contribution >= 0.6 is 0 Å². The van der Waals surface area contributed by atoms with Crippen molar-refractivity contribution in [3.05, 3.63) is 83.8 Å². The fraction of sp³-hybridized carbons (Fsp3) is 0.405. The quantitative estimate of drug-likeness (QED) is 0.198. The number of amides is 1. The van der Waals surface area contributed by atoms with E-state index in [0.29, 0.717) is 11.5 Å². The summed E-state index contributed by atoms with van der Waals surface area (Å²) in [5, 5.41) is 10.0. The van der Waals surface area contributed by atoms with Gasteiger partial charge in [-0.3, -0.25) is 4.79 Å². The van der Waals surface area contributed by atoms with Crippen LogP contribution in [0.1, 0.15) is 74.4 Å². The Morgan fingerprint density at radius 3 is 2.23 bits per heavy atom. The molecule has 0 radical (unpaired) electrons. The molecule has 3 aromatic carbocycles. The molecule has 1 amide bonds. The van der Waals surface area contributed by atoms with E-state index >= 15 is 0 Å². The SMILES string of the molecule is O=C(Nc1cccc(-c2ccc(-c3ccc(-c4cnc([C@@H]5CCCN5)[nH]4)cc3)c3c2CC2(CCCC2)C3)c1)[C@@H]1CCCN1. The molecule has 2 atom stereocenters. The molecule has 43 heavy (non-hydrogen) atoms. The van der Waals surface area contributed by atoms with Crippen molar-refractivity contribution in [1.82, 2.24) is 20.6 Å². The number of H-pyrrole nitrogens is 1. The number of nitrogens with zero attached hydrogens (tertiary/aromatic N) is 1. The summed E-state index contributed by atoms with van der Waals surface area (Å²) in [6.07, 6.45) is 13.9. The van der Waals surface area contributed by atoms with Crippen LogP contribution in [0, 0.1) is 5.41 Å². The van der Waals surface area contributed by atoms with Crippen LogP contribution in [0.5, 0.6) is 0 Å². The van der Waals surface area contributed by atoms with Crippen molar-refractivity contribution in [1.29, 1.82) is 0 Å². The largest absolute Gasteiger partial charge is 0.341 e. The first-order chi connectivity index (χ1) is 21.1. The molecule has 2 aliphatic carbocycles. The number of anilines is 1. The number of rotatable bonds is 6. The number of nitrogens with one attached hydrogen (secondary N) is 4. The Morgan fingerprint density at radius 2 is 1.51 bits per heavy atom. The fourth-order valence-corrected chi connectivity index (χ4v) is 8.24. The van der Waals surface area contributed by atoms with E-state index in [1.165, 1.54) is 71.0 Å². The van der Waals surface area contributed by atoms with Crippen molar-refractivity contribution in [2.45, 2.75) is 76.3 Å². The Labute approximate surface area is 254 Å². The van der Waals surface area contributed by atoms with Crippen LogP contribution in [0.15, 0.2) is 66.9 Å². The number of aromatic nitrogens is 2. The van der Waals surface area contributed by atoms with Gasteiger partial charge in [0.25, 0.3) is 0 Å². The van der Waals surface area contributed by atoms with E-state index < -0.39 is 0 Å². The summed E-state index contributed by atoms with van der Waals surface area (Å²) in [6.45, 7) is 1.99. The number of benzene rings is 3. The number of carbonyl (C=O) groups excluding carboxylic acids is 1. The average Bonchev–Trinajstić information content (AvgIpc) is 3.88. The highest BCUT2D eigenvalue weighted by Crippen LogP contribution is 2.53. The number of carbonyl (C=O) groups is 1. The Kier molecular flexibility index (Phi) is 6.92. The van der Waals surface area contributed by atoms with Gasteiger partial charge in [-0.15, -0.1) is 0 Å². The minimum absolute atomic E-state index is 0.0742. The first kappa shape index (κ1) is 26.9. The highest BCUT2D eigenvalue weighted by atomic mass is 16.2. The van der Waals surface area contributed by atoms with Gasteiger partial charge in [0.05, 0.1) is 24.0 Å². The van der Waals surface area contributed by atoms with Crippen molar-refractivity contribution in [3.8, 4) is 33.5 Å². The summed E-state index contributed by atoms with van der Waals surface area (Å²) >= 11 is 0. The molecule has 3 heterocycles. The summed E-state index contributed by atoms with van der Waals surface area (Å²) in [4.78, 5) is 21.1. The topological polar surface area (TPSA) is 81.8 Å². The molecular formula is C37H41N5O. The van der Waals surface area contributed by atoms with Crippen LogP contribution in [0.25, 0.3) is 33.5 Å². The standard InChI is InChI=1S/C37H41N5O/c43-36(33-9-5-19-39-33)41-27-7-3-6-26(20-27)29-15-14-28(30-21-37(22-31(29)30)16-1-2-17-37)24-10-12-25(13-11-24)34-23-40-35(42-34)32-8-4-18-38-32/h3,6-7,10-15,20,23,32-33,38-39H,1-2,4-5,8-9,16-19,21-22H2,(H,40,42)(H,41,43)/t32-,33-/m0/s1. The van der Waals surface area contributed by atoms with E-state index in [4.69, 9.17) is 0 Å². The molecule has 220 valence electrons. The van der Waals surface area contributed by atoms with Crippen LogP contribution in [-0.4, -0.2) is 35.0 Å². The molecule has 0 bridgehead atoms. The third-order valence-electron chi connectivity index (χ3n) is 10.5. The molecule has 3 fully saturated rings. The van der Waals surface area contributed by atoms with Crippen molar-refractivity contribution in [2.75, 3.05) is 18.4 Å². The maximum atomic E-state index is 12.8. The van der Waals surface area contributed by atoms with Gasteiger partial charge in [0.2, 0.25) is 5.91 Å². The Morgan fingerprint density at radius 1 is 0.791 bits per heavy atom. The molecule has 6 nitrogen and oxygen atoms in total. The van der Waals surface area contributed by atoms with Crippen LogP contribution in [0.2, 0.25) is 0 Å². The smallest absolute Gasteiger partial charge is 0.241 e. The second kappa shape index (κ2) is 11.1. The van der Waals surface area contributed by atoms with Crippen molar-refractivity contribution < 1.29 is 4.79 Å². The zero-order valence-electron chi connectivity index (χ0n) is 24.8. The molecule has 1 spiro atoms. The number of fused-ring (bicyclic) bond motifs is 1. The summed E-state index contributed by atoms with van der Waals surface area (Å²) in [5.41, 5.74) is 11.7. The van der Waals surface area contributed by atoms with Crippen molar-refractivity contribution >= 4 is 11.6 Å². The molecular weight excluding hydrogens is 530 g/mol. The van der Waals surface area contributed by atoms with Gasteiger partial charge in [-0.05, 0) is 121 Å². The summed E-state index contributed by atoms with van der Waals surface area (Å²) in [7, 11) is 0. The number of imidazole rings is 1. The van der Waals surface area contributed by atoms with Gasteiger partial charge < -0.3 is 20.9 Å². The summed E-state index contributed by atoms with van der Waals surface area (Å²) in [6, 6.07) is 22.4. The van der Waals surface area contributed by atoms with E-state index in [9.17, 15) is 4.79 Å². The highest BCUT2D eigenvalue weighted by molar-refractivity contribution is 5.95.